The van der Waals surface area contributed by atoms with Crippen LogP contribution in [0.25, 0.3) is 0 Å². The lowest BCUT2D eigenvalue weighted by molar-refractivity contribution is -0.275. The summed E-state index contributed by atoms with van der Waals surface area (Å²) >= 11 is 1.76. The van der Waals surface area contributed by atoms with Crippen LogP contribution in [-0.4, -0.2) is 23.9 Å². The Morgan fingerprint density at radius 2 is 2.16 bits per heavy atom. The first-order valence-electron chi connectivity index (χ1n) is 5.10. The number of rotatable bonds is 4. The van der Waals surface area contributed by atoms with Crippen LogP contribution in [0.3, 0.4) is 0 Å². The zero-order valence-electron chi connectivity index (χ0n) is 9.75. The van der Waals surface area contributed by atoms with Crippen LogP contribution < -0.4 is 10.5 Å². The zero-order chi connectivity index (χ0) is 14.6. The van der Waals surface area contributed by atoms with Crippen LogP contribution in [0.15, 0.2) is 6.07 Å². The number of halogens is 4. The molecule has 0 saturated carbocycles. The van der Waals surface area contributed by atoms with Gasteiger partial charge < -0.3 is 15.2 Å². The van der Waals surface area contributed by atoms with E-state index in [-0.39, 0.29) is 18.7 Å². The van der Waals surface area contributed by atoms with E-state index in [1.807, 2.05) is 0 Å². The Kier molecular flexibility index (Phi) is 5.35. The molecule has 0 bridgehead atoms. The summed E-state index contributed by atoms with van der Waals surface area (Å²) in [5.41, 5.74) is 4.84. The molecule has 0 saturated heterocycles. The maximum Gasteiger partial charge on any atom is 0.573 e. The van der Waals surface area contributed by atoms with Crippen molar-refractivity contribution < 1.29 is 27.4 Å². The second-order valence-corrected chi connectivity index (χ2v) is 4.36. The largest absolute Gasteiger partial charge is 0.573 e. The molecule has 0 fully saturated rings. The zero-order valence-corrected chi connectivity index (χ0v) is 11.9. The van der Waals surface area contributed by atoms with Gasteiger partial charge in [-0.05, 0) is 35.6 Å². The lowest BCUT2D eigenvalue weighted by atomic mass is 10.2. The third-order valence-electron chi connectivity index (χ3n) is 1.93. The quantitative estimate of drug-likeness (QED) is 0.485. The van der Waals surface area contributed by atoms with Gasteiger partial charge in [0, 0.05) is 12.1 Å². The van der Waals surface area contributed by atoms with Crippen LogP contribution in [0.2, 0.25) is 0 Å². The van der Waals surface area contributed by atoms with Gasteiger partial charge in [0.25, 0.3) is 0 Å². The van der Waals surface area contributed by atoms with E-state index in [4.69, 9.17) is 5.73 Å². The molecule has 0 aromatic carbocycles. The Hall–Kier alpha value is -1.10. The van der Waals surface area contributed by atoms with Crippen LogP contribution in [0.4, 0.5) is 13.2 Å². The van der Waals surface area contributed by atoms with Crippen LogP contribution >= 0.6 is 22.6 Å². The van der Waals surface area contributed by atoms with Gasteiger partial charge in [-0.3, -0.25) is 0 Å². The topological polar surface area (TPSA) is 74.4 Å². The molecule has 0 radical (unpaired) electrons. The average molecular weight is 390 g/mol. The Morgan fingerprint density at radius 1 is 1.53 bits per heavy atom. The smallest absolute Gasteiger partial charge is 0.461 e. The van der Waals surface area contributed by atoms with Crippen molar-refractivity contribution in [2.24, 2.45) is 5.73 Å². The fourth-order valence-corrected chi connectivity index (χ4v) is 1.89. The number of esters is 1. The lowest BCUT2D eigenvalue weighted by Crippen LogP contribution is -2.22. The Labute approximate surface area is 120 Å². The SMILES string of the molecule is CCOC(=O)c1nc(I)cc(CN)c1OC(F)(F)F. The van der Waals surface area contributed by atoms with Crippen molar-refractivity contribution in [3.8, 4) is 5.75 Å². The first-order valence-corrected chi connectivity index (χ1v) is 6.18. The Bertz CT molecular complexity index is 480. The number of hydrogen-bond acceptors (Lipinski definition) is 5. The number of hydrogen-bond donors (Lipinski definition) is 1. The minimum Gasteiger partial charge on any atom is -0.461 e. The maximum absolute atomic E-state index is 12.3. The molecule has 106 valence electrons. The molecule has 5 nitrogen and oxygen atoms in total. The van der Waals surface area contributed by atoms with Crippen molar-refractivity contribution >= 4 is 28.6 Å². The van der Waals surface area contributed by atoms with Gasteiger partial charge in [-0.2, -0.15) is 0 Å². The van der Waals surface area contributed by atoms with Gasteiger partial charge in [0.05, 0.1) is 6.61 Å². The number of aromatic nitrogens is 1. The minimum absolute atomic E-state index is 0.00933. The second-order valence-electron chi connectivity index (χ2n) is 3.25. The number of ether oxygens (including phenoxy) is 2. The van der Waals surface area contributed by atoms with Gasteiger partial charge in [-0.1, -0.05) is 0 Å². The second kappa shape index (κ2) is 6.37. The van der Waals surface area contributed by atoms with Gasteiger partial charge in [0.15, 0.2) is 11.4 Å². The maximum atomic E-state index is 12.3. The molecule has 0 atom stereocenters. The molecule has 9 heteroatoms. The molecule has 0 aliphatic heterocycles. The molecule has 2 N–H and O–H groups in total. The van der Waals surface area contributed by atoms with Gasteiger partial charge >= 0.3 is 12.3 Å². The van der Waals surface area contributed by atoms with Crippen molar-refractivity contribution in [2.45, 2.75) is 19.8 Å². The van der Waals surface area contributed by atoms with Crippen LogP contribution in [-0.2, 0) is 11.3 Å². The number of nitrogens with zero attached hydrogens (tertiary/aromatic N) is 1. The molecule has 19 heavy (non-hydrogen) atoms. The van der Waals surface area contributed by atoms with E-state index in [0.717, 1.165) is 0 Å². The summed E-state index contributed by atoms with van der Waals surface area (Å²) in [6.07, 6.45) is -4.94. The number of alkyl halides is 3. The number of nitrogens with two attached hydrogens (primary N) is 1. The summed E-state index contributed by atoms with van der Waals surface area (Å²) in [4.78, 5) is 15.3. The molecule has 1 aromatic rings. The van der Waals surface area contributed by atoms with Crippen molar-refractivity contribution in [3.63, 3.8) is 0 Å². The third kappa shape index (κ3) is 4.49. The van der Waals surface area contributed by atoms with E-state index in [1.165, 1.54) is 13.0 Å². The van der Waals surface area contributed by atoms with E-state index >= 15 is 0 Å². The van der Waals surface area contributed by atoms with E-state index < -0.39 is 23.8 Å². The summed E-state index contributed by atoms with van der Waals surface area (Å²) in [6.45, 7) is 1.31. The highest BCUT2D eigenvalue weighted by Gasteiger charge is 2.35. The molecule has 0 amide bonds. The third-order valence-corrected chi connectivity index (χ3v) is 2.48. The first-order chi connectivity index (χ1) is 8.78. The van der Waals surface area contributed by atoms with Gasteiger partial charge in [-0.15, -0.1) is 13.2 Å². The highest BCUT2D eigenvalue weighted by Crippen LogP contribution is 2.30. The summed E-state index contributed by atoms with van der Waals surface area (Å²) in [7, 11) is 0. The highest BCUT2D eigenvalue weighted by atomic mass is 127. The molecular weight excluding hydrogens is 380 g/mol. The van der Waals surface area contributed by atoms with Crippen molar-refractivity contribution in [3.05, 3.63) is 21.0 Å². The fourth-order valence-electron chi connectivity index (χ4n) is 1.27. The Balaban J connectivity index is 3.33. The number of carbonyl (C=O) groups is 1. The first kappa shape index (κ1) is 16.0. The lowest BCUT2D eigenvalue weighted by Gasteiger charge is -2.15. The molecule has 0 aliphatic carbocycles. The Morgan fingerprint density at radius 3 is 2.63 bits per heavy atom. The highest BCUT2D eigenvalue weighted by molar-refractivity contribution is 14.1. The minimum atomic E-state index is -4.94. The molecular formula is C10H10F3IN2O3. The van der Waals surface area contributed by atoms with Crippen LogP contribution in [0, 0.1) is 3.70 Å². The van der Waals surface area contributed by atoms with E-state index in [2.05, 4.69) is 14.5 Å². The predicted octanol–water partition coefficient (Wildman–Crippen LogP) is 2.22. The standard InChI is InChI=1S/C10H10F3IN2O3/c1-2-18-9(17)7-8(19-10(11,12)13)5(4-15)3-6(14)16-7/h3H,2,4,15H2,1H3. The summed E-state index contributed by atoms with van der Waals surface area (Å²) in [6, 6.07) is 1.31. The molecule has 0 spiro atoms. The predicted molar refractivity (Wildman–Crippen MR) is 67.5 cm³/mol. The number of pyridine rings is 1. The monoisotopic (exact) mass is 390 g/mol. The summed E-state index contributed by atoms with van der Waals surface area (Å²) in [5.74, 6) is -1.70. The summed E-state index contributed by atoms with van der Waals surface area (Å²) in [5, 5.41) is 0. The van der Waals surface area contributed by atoms with Crippen molar-refractivity contribution in [2.75, 3.05) is 6.61 Å². The number of carbonyl (C=O) groups excluding carboxylic acids is 1. The van der Waals surface area contributed by atoms with Crippen LogP contribution in [0.5, 0.6) is 5.75 Å². The van der Waals surface area contributed by atoms with Gasteiger partial charge in [-0.25, -0.2) is 9.78 Å². The molecule has 0 aliphatic rings. The molecule has 1 heterocycles. The van der Waals surface area contributed by atoms with E-state index in [1.54, 1.807) is 22.6 Å². The van der Waals surface area contributed by atoms with Crippen molar-refractivity contribution in [1.29, 1.82) is 0 Å². The van der Waals surface area contributed by atoms with Gasteiger partial charge in [0.1, 0.15) is 3.70 Å². The summed E-state index contributed by atoms with van der Waals surface area (Å²) < 4.78 is 45.8. The molecule has 1 rings (SSSR count). The van der Waals surface area contributed by atoms with Crippen molar-refractivity contribution in [1.82, 2.24) is 4.98 Å². The molecule has 1 aromatic heterocycles. The van der Waals surface area contributed by atoms with E-state index in [0.29, 0.717) is 3.70 Å². The van der Waals surface area contributed by atoms with E-state index in [9.17, 15) is 18.0 Å². The molecule has 0 unspecified atom stereocenters. The average Bonchev–Trinajstić information content (AvgIpc) is 2.29. The van der Waals surface area contributed by atoms with Gasteiger partial charge in [0.2, 0.25) is 0 Å². The fraction of sp³-hybridized carbons (Fsp3) is 0.400. The van der Waals surface area contributed by atoms with Crippen LogP contribution in [0.1, 0.15) is 23.0 Å². The normalized spacial score (nSPS) is 11.3.